The van der Waals surface area contributed by atoms with Crippen LogP contribution in [0.2, 0.25) is 0 Å². The van der Waals surface area contributed by atoms with Gasteiger partial charge in [0, 0.05) is 15.2 Å². The van der Waals surface area contributed by atoms with Crippen molar-refractivity contribution in [2.75, 3.05) is 20.1 Å². The van der Waals surface area contributed by atoms with Crippen LogP contribution in [0.1, 0.15) is 58.8 Å². The highest BCUT2D eigenvalue weighted by atomic mass is 127. The Labute approximate surface area is 184 Å². The van der Waals surface area contributed by atoms with E-state index in [0.717, 1.165) is 30.0 Å². The number of nitrogens with zero attached hydrogens (tertiary/aromatic N) is 1. The van der Waals surface area contributed by atoms with Gasteiger partial charge in [-0.25, -0.2) is 0 Å². The number of hydrogen-bond acceptors (Lipinski definition) is 2. The zero-order chi connectivity index (χ0) is 20.1. The molecule has 2 unspecified atom stereocenters. The van der Waals surface area contributed by atoms with Gasteiger partial charge in [-0.3, -0.25) is 4.79 Å². The van der Waals surface area contributed by atoms with Gasteiger partial charge in [0.2, 0.25) is 0 Å². The molecule has 2 atom stereocenters. The summed E-state index contributed by atoms with van der Waals surface area (Å²) >= 11 is 2.42. The van der Waals surface area contributed by atoms with Gasteiger partial charge in [0.1, 0.15) is 0 Å². The Kier molecular flexibility index (Phi) is 7.98. The van der Waals surface area contributed by atoms with Crippen LogP contribution in [-0.4, -0.2) is 34.9 Å². The van der Waals surface area contributed by atoms with E-state index in [1.54, 1.807) is 5.57 Å². The highest BCUT2D eigenvalue weighted by molar-refractivity contribution is 14.1. The van der Waals surface area contributed by atoms with Gasteiger partial charge >= 0.3 is 0 Å². The normalized spacial score (nSPS) is 26.9. The van der Waals surface area contributed by atoms with Gasteiger partial charge in [0.25, 0.3) is 5.91 Å². The van der Waals surface area contributed by atoms with Crippen LogP contribution in [-0.2, 0) is 4.79 Å². The number of likely N-dealkylation sites (tertiary alicyclic amines) is 1. The maximum atomic E-state index is 12.6. The van der Waals surface area contributed by atoms with Crippen molar-refractivity contribution in [3.05, 3.63) is 46.7 Å². The number of nitrogens with one attached hydrogen (secondary N) is 1. The lowest BCUT2D eigenvalue weighted by Crippen LogP contribution is -2.30. The molecule has 3 aliphatic rings. The molecule has 0 saturated carbocycles. The monoisotopic (exact) mass is 494 g/mol. The summed E-state index contributed by atoms with van der Waals surface area (Å²) in [5.41, 5.74) is 4.85. The first kappa shape index (κ1) is 21.8. The number of hydrogen-bond donors (Lipinski definition) is 1. The predicted molar refractivity (Wildman–Crippen MR) is 126 cm³/mol. The summed E-state index contributed by atoms with van der Waals surface area (Å²) in [6.45, 7) is 6.89. The number of alkyl halides is 1. The minimum Gasteiger partial charge on any atom is -0.326 e. The molecule has 1 saturated heterocycles. The van der Waals surface area contributed by atoms with Crippen molar-refractivity contribution < 1.29 is 4.79 Å². The molecule has 3 rings (SSSR count). The number of carbonyl (C=O) groups excluding carboxylic acids is 1. The Morgan fingerprint density at radius 2 is 1.93 bits per heavy atom. The van der Waals surface area contributed by atoms with Crippen LogP contribution in [0.5, 0.6) is 0 Å². The SMILES string of the molecule is CC1=CC=C(C(=O)NC2=CC=C(CCCC3CCN(C)CC3)CC2C)CC1I. The summed E-state index contributed by atoms with van der Waals surface area (Å²) in [4.78, 5) is 15.1. The third kappa shape index (κ3) is 6.06. The van der Waals surface area contributed by atoms with Crippen molar-refractivity contribution in [1.82, 2.24) is 10.2 Å². The van der Waals surface area contributed by atoms with Crippen LogP contribution >= 0.6 is 22.6 Å². The molecule has 0 bridgehead atoms. The predicted octanol–water partition coefficient (Wildman–Crippen LogP) is 5.54. The van der Waals surface area contributed by atoms with Gasteiger partial charge in [0.15, 0.2) is 0 Å². The van der Waals surface area contributed by atoms with Gasteiger partial charge in [-0.05, 0) is 83.5 Å². The molecule has 3 nitrogen and oxygen atoms in total. The molecule has 28 heavy (non-hydrogen) atoms. The van der Waals surface area contributed by atoms with E-state index in [2.05, 4.69) is 71.9 Å². The van der Waals surface area contributed by atoms with Gasteiger partial charge in [0.05, 0.1) is 0 Å². The fraction of sp³-hybridized carbons (Fsp3) is 0.625. The third-order valence-electron chi connectivity index (χ3n) is 6.54. The molecular formula is C24H35IN2O. The minimum atomic E-state index is 0.0719. The molecule has 0 radical (unpaired) electrons. The van der Waals surface area contributed by atoms with Crippen molar-refractivity contribution in [2.24, 2.45) is 11.8 Å². The molecule has 0 spiro atoms. The van der Waals surface area contributed by atoms with Gasteiger partial charge in [-0.15, -0.1) is 0 Å². The number of piperidine rings is 1. The van der Waals surface area contributed by atoms with Crippen molar-refractivity contribution in [3.8, 4) is 0 Å². The largest absolute Gasteiger partial charge is 0.326 e. The molecule has 0 aromatic carbocycles. The molecule has 154 valence electrons. The van der Waals surface area contributed by atoms with Crippen LogP contribution in [0.4, 0.5) is 0 Å². The molecule has 1 amide bonds. The van der Waals surface area contributed by atoms with E-state index in [0.29, 0.717) is 9.84 Å². The molecule has 4 heteroatoms. The van der Waals surface area contributed by atoms with Crippen molar-refractivity contribution in [2.45, 2.75) is 62.7 Å². The lowest BCUT2D eigenvalue weighted by Gasteiger charge is -2.29. The van der Waals surface area contributed by atoms with Crippen molar-refractivity contribution >= 4 is 28.5 Å². The summed E-state index contributed by atoms with van der Waals surface area (Å²) in [5.74, 6) is 1.39. The second kappa shape index (κ2) is 10.2. The Bertz CT molecular complexity index is 695. The van der Waals surface area contributed by atoms with Crippen LogP contribution in [0.15, 0.2) is 46.7 Å². The average Bonchev–Trinajstić information content (AvgIpc) is 2.67. The number of halogens is 1. The summed E-state index contributed by atoms with van der Waals surface area (Å²) < 4.78 is 0.428. The summed E-state index contributed by atoms with van der Waals surface area (Å²) in [6, 6.07) is 0. The second-order valence-corrected chi connectivity index (χ2v) is 10.4. The van der Waals surface area contributed by atoms with Crippen LogP contribution in [0, 0.1) is 11.8 Å². The molecule has 1 heterocycles. The Morgan fingerprint density at radius 3 is 2.61 bits per heavy atom. The molecular weight excluding hydrogens is 459 g/mol. The second-order valence-electron chi connectivity index (χ2n) is 8.92. The van der Waals surface area contributed by atoms with Gasteiger partial charge in [-0.1, -0.05) is 65.3 Å². The Balaban J connectivity index is 1.47. The van der Waals surface area contributed by atoms with Crippen molar-refractivity contribution in [1.29, 1.82) is 0 Å². The zero-order valence-corrected chi connectivity index (χ0v) is 19.8. The first-order valence-corrected chi connectivity index (χ1v) is 12.1. The number of carbonyl (C=O) groups is 1. The van der Waals surface area contributed by atoms with Crippen molar-refractivity contribution in [3.63, 3.8) is 0 Å². The Morgan fingerprint density at radius 1 is 1.18 bits per heavy atom. The van der Waals surface area contributed by atoms with E-state index < -0.39 is 0 Å². The first-order chi connectivity index (χ1) is 13.4. The van der Waals surface area contributed by atoms with E-state index in [1.165, 1.54) is 50.8 Å². The molecule has 2 aliphatic carbocycles. The summed E-state index contributed by atoms with van der Waals surface area (Å²) in [5, 5.41) is 3.18. The molecule has 0 aromatic rings. The fourth-order valence-electron chi connectivity index (χ4n) is 4.40. The average molecular weight is 494 g/mol. The highest BCUT2D eigenvalue weighted by Crippen LogP contribution is 2.30. The van der Waals surface area contributed by atoms with E-state index in [9.17, 15) is 4.79 Å². The fourth-order valence-corrected chi connectivity index (χ4v) is 5.08. The van der Waals surface area contributed by atoms with Crippen LogP contribution in [0.3, 0.4) is 0 Å². The van der Waals surface area contributed by atoms with E-state index >= 15 is 0 Å². The summed E-state index contributed by atoms with van der Waals surface area (Å²) in [7, 11) is 2.23. The van der Waals surface area contributed by atoms with Gasteiger partial charge < -0.3 is 10.2 Å². The zero-order valence-electron chi connectivity index (χ0n) is 17.6. The Hall–Kier alpha value is -0.880. The first-order valence-electron chi connectivity index (χ1n) is 10.8. The van der Waals surface area contributed by atoms with E-state index in [-0.39, 0.29) is 5.91 Å². The molecule has 0 aromatic heterocycles. The lowest BCUT2D eigenvalue weighted by molar-refractivity contribution is -0.117. The lowest BCUT2D eigenvalue weighted by atomic mass is 9.87. The number of amides is 1. The van der Waals surface area contributed by atoms with Crippen LogP contribution in [0.25, 0.3) is 0 Å². The highest BCUT2D eigenvalue weighted by Gasteiger charge is 2.22. The quantitative estimate of drug-likeness (QED) is 0.388. The maximum Gasteiger partial charge on any atom is 0.251 e. The van der Waals surface area contributed by atoms with Crippen LogP contribution < -0.4 is 5.32 Å². The topological polar surface area (TPSA) is 32.3 Å². The smallest absolute Gasteiger partial charge is 0.251 e. The maximum absolute atomic E-state index is 12.6. The minimum absolute atomic E-state index is 0.0719. The summed E-state index contributed by atoms with van der Waals surface area (Å²) in [6.07, 6.45) is 17.0. The van der Waals surface area contributed by atoms with E-state index in [1.807, 2.05) is 6.08 Å². The third-order valence-corrected chi connectivity index (χ3v) is 7.96. The molecule has 1 fully saturated rings. The number of rotatable bonds is 6. The number of allylic oxidation sites excluding steroid dienone is 7. The van der Waals surface area contributed by atoms with E-state index in [4.69, 9.17) is 0 Å². The molecule has 1 N–H and O–H groups in total. The molecule has 1 aliphatic heterocycles. The standard InChI is InChI=1S/C24H35IN2O/c1-17-7-9-21(16-22(17)25)24(28)26-23-10-8-20(15-18(23)2)6-4-5-19-11-13-27(3)14-12-19/h7-10,18-19,22H,4-6,11-16H2,1-3H3,(H,26,28). The van der Waals surface area contributed by atoms with Gasteiger partial charge in [-0.2, -0.15) is 0 Å².